The molecule has 1 aromatic rings. The molecule has 0 aliphatic heterocycles. The van der Waals surface area contributed by atoms with Crippen molar-refractivity contribution in [2.75, 3.05) is 6.61 Å². The molecule has 0 aliphatic rings. The van der Waals surface area contributed by atoms with E-state index < -0.39 is 6.10 Å². The van der Waals surface area contributed by atoms with Crippen LogP contribution in [-0.4, -0.2) is 35.9 Å². The Morgan fingerprint density at radius 1 is 1.25 bits per heavy atom. The summed E-state index contributed by atoms with van der Waals surface area (Å²) >= 11 is 0. The largest absolute Gasteiger partial charge is 0.391 e. The average Bonchev–Trinajstić information content (AvgIpc) is 2.39. The molecule has 0 saturated carbocycles. The summed E-state index contributed by atoms with van der Waals surface area (Å²) in [6, 6.07) is 9.48. The van der Waals surface area contributed by atoms with E-state index >= 15 is 0 Å². The van der Waals surface area contributed by atoms with Gasteiger partial charge in [0.15, 0.2) is 0 Å². The molecule has 2 N–H and O–H groups in total. The minimum absolute atomic E-state index is 0.0924. The molecule has 0 radical (unpaired) electrons. The molecule has 112 valence electrons. The zero-order valence-corrected chi connectivity index (χ0v) is 12.5. The smallest absolute Gasteiger partial charge is 0.222 e. The topological polar surface area (TPSA) is 58.6 Å². The quantitative estimate of drug-likeness (QED) is 0.764. The fraction of sp³-hybridized carbons (Fsp3) is 0.562. The van der Waals surface area contributed by atoms with Gasteiger partial charge in [0.05, 0.1) is 24.9 Å². The van der Waals surface area contributed by atoms with E-state index in [0.717, 1.165) is 5.56 Å². The highest BCUT2D eigenvalue weighted by molar-refractivity contribution is 5.76. The van der Waals surface area contributed by atoms with Crippen LogP contribution in [0.4, 0.5) is 0 Å². The van der Waals surface area contributed by atoms with Gasteiger partial charge in [-0.15, -0.1) is 0 Å². The van der Waals surface area contributed by atoms with Crippen molar-refractivity contribution in [2.45, 2.75) is 51.9 Å². The van der Waals surface area contributed by atoms with Crippen LogP contribution in [0.25, 0.3) is 0 Å². The first kappa shape index (κ1) is 16.7. The number of benzene rings is 1. The Labute approximate surface area is 121 Å². The summed E-state index contributed by atoms with van der Waals surface area (Å²) in [5.41, 5.74) is 1.06. The van der Waals surface area contributed by atoms with Gasteiger partial charge in [-0.1, -0.05) is 30.3 Å². The Hall–Kier alpha value is -1.39. The number of nitrogens with one attached hydrogen (secondary N) is 1. The molecule has 4 heteroatoms. The van der Waals surface area contributed by atoms with Crippen molar-refractivity contribution >= 4 is 5.91 Å². The molecule has 0 aliphatic carbocycles. The number of carbonyl (C=O) groups is 1. The van der Waals surface area contributed by atoms with Gasteiger partial charge in [0.25, 0.3) is 0 Å². The van der Waals surface area contributed by atoms with E-state index in [1.807, 2.05) is 51.1 Å². The number of carbonyl (C=O) groups excluding carboxylic acids is 1. The first-order chi connectivity index (χ1) is 9.49. The Morgan fingerprint density at radius 2 is 1.90 bits per heavy atom. The highest BCUT2D eigenvalue weighted by atomic mass is 16.5. The first-order valence-electron chi connectivity index (χ1n) is 7.12. The van der Waals surface area contributed by atoms with E-state index in [0.29, 0.717) is 19.4 Å². The highest BCUT2D eigenvalue weighted by Crippen LogP contribution is 2.06. The maximum absolute atomic E-state index is 11.7. The van der Waals surface area contributed by atoms with Crippen LogP contribution in [0.1, 0.15) is 32.8 Å². The van der Waals surface area contributed by atoms with E-state index in [1.165, 1.54) is 0 Å². The standard InChI is InChI=1S/C16H25NO3/c1-12(2)20-10-9-16(19)17-13(3)15(18)11-14-7-5-4-6-8-14/h4-8,12-13,15,18H,9-11H2,1-3H3,(H,17,19). The van der Waals surface area contributed by atoms with Gasteiger partial charge in [-0.3, -0.25) is 4.79 Å². The lowest BCUT2D eigenvalue weighted by Gasteiger charge is -2.20. The van der Waals surface area contributed by atoms with Crippen LogP contribution in [0.3, 0.4) is 0 Å². The Kier molecular flexibility index (Phi) is 7.26. The van der Waals surface area contributed by atoms with Crippen LogP contribution in [-0.2, 0) is 16.0 Å². The highest BCUT2D eigenvalue weighted by Gasteiger charge is 2.16. The van der Waals surface area contributed by atoms with Gasteiger partial charge in [0, 0.05) is 12.8 Å². The van der Waals surface area contributed by atoms with Crippen LogP contribution in [0.15, 0.2) is 30.3 Å². The molecular formula is C16H25NO3. The van der Waals surface area contributed by atoms with E-state index in [4.69, 9.17) is 4.74 Å². The maximum Gasteiger partial charge on any atom is 0.222 e. The van der Waals surface area contributed by atoms with Crippen molar-refractivity contribution in [1.82, 2.24) is 5.32 Å². The van der Waals surface area contributed by atoms with Gasteiger partial charge < -0.3 is 15.2 Å². The SMILES string of the molecule is CC(C)OCCC(=O)NC(C)C(O)Cc1ccccc1. The van der Waals surface area contributed by atoms with Crippen molar-refractivity contribution in [3.63, 3.8) is 0 Å². The lowest BCUT2D eigenvalue weighted by molar-refractivity contribution is -0.123. The van der Waals surface area contributed by atoms with Crippen molar-refractivity contribution < 1.29 is 14.6 Å². The van der Waals surface area contributed by atoms with Gasteiger partial charge in [-0.05, 0) is 26.3 Å². The predicted octanol–water partition coefficient (Wildman–Crippen LogP) is 1.91. The molecule has 4 nitrogen and oxygen atoms in total. The van der Waals surface area contributed by atoms with Gasteiger partial charge in [-0.25, -0.2) is 0 Å². The fourth-order valence-corrected chi connectivity index (χ4v) is 1.84. The van der Waals surface area contributed by atoms with Crippen molar-refractivity contribution in [3.05, 3.63) is 35.9 Å². The maximum atomic E-state index is 11.7. The summed E-state index contributed by atoms with van der Waals surface area (Å²) in [5.74, 6) is -0.0924. The number of hydrogen-bond donors (Lipinski definition) is 2. The third-order valence-corrected chi connectivity index (χ3v) is 3.03. The number of hydrogen-bond acceptors (Lipinski definition) is 3. The fourth-order valence-electron chi connectivity index (χ4n) is 1.84. The van der Waals surface area contributed by atoms with Crippen LogP contribution in [0.2, 0.25) is 0 Å². The number of aliphatic hydroxyl groups is 1. The molecule has 0 fully saturated rings. The van der Waals surface area contributed by atoms with E-state index in [2.05, 4.69) is 5.32 Å². The van der Waals surface area contributed by atoms with E-state index in [9.17, 15) is 9.90 Å². The van der Waals surface area contributed by atoms with Crippen molar-refractivity contribution in [3.8, 4) is 0 Å². The molecule has 0 spiro atoms. The molecule has 1 amide bonds. The zero-order valence-electron chi connectivity index (χ0n) is 12.5. The van der Waals surface area contributed by atoms with Crippen LogP contribution in [0.5, 0.6) is 0 Å². The molecule has 0 saturated heterocycles. The zero-order chi connectivity index (χ0) is 15.0. The third kappa shape index (κ3) is 6.68. The average molecular weight is 279 g/mol. The summed E-state index contributed by atoms with van der Waals surface area (Å²) in [6.07, 6.45) is 0.391. The van der Waals surface area contributed by atoms with Gasteiger partial charge in [-0.2, -0.15) is 0 Å². The van der Waals surface area contributed by atoms with Crippen molar-refractivity contribution in [1.29, 1.82) is 0 Å². The van der Waals surface area contributed by atoms with Crippen LogP contribution >= 0.6 is 0 Å². The van der Waals surface area contributed by atoms with Gasteiger partial charge in [0.2, 0.25) is 5.91 Å². The lowest BCUT2D eigenvalue weighted by atomic mass is 10.0. The molecule has 2 atom stereocenters. The molecule has 0 bridgehead atoms. The summed E-state index contributed by atoms with van der Waals surface area (Å²) < 4.78 is 5.33. The van der Waals surface area contributed by atoms with E-state index in [-0.39, 0.29) is 18.1 Å². The Bertz CT molecular complexity index is 392. The number of rotatable bonds is 8. The van der Waals surface area contributed by atoms with Crippen LogP contribution in [0, 0.1) is 0 Å². The number of ether oxygens (including phenoxy) is 1. The molecule has 0 aromatic heterocycles. The molecule has 20 heavy (non-hydrogen) atoms. The minimum Gasteiger partial charge on any atom is -0.391 e. The second-order valence-electron chi connectivity index (χ2n) is 5.28. The second kappa shape index (κ2) is 8.72. The number of amides is 1. The van der Waals surface area contributed by atoms with Gasteiger partial charge >= 0.3 is 0 Å². The Morgan fingerprint density at radius 3 is 2.50 bits per heavy atom. The molecular weight excluding hydrogens is 254 g/mol. The second-order valence-corrected chi connectivity index (χ2v) is 5.28. The van der Waals surface area contributed by atoms with Crippen LogP contribution < -0.4 is 5.32 Å². The van der Waals surface area contributed by atoms with Crippen molar-refractivity contribution in [2.24, 2.45) is 0 Å². The summed E-state index contributed by atoms with van der Waals surface area (Å²) in [7, 11) is 0. The number of aliphatic hydroxyl groups excluding tert-OH is 1. The minimum atomic E-state index is -0.590. The molecule has 1 aromatic carbocycles. The predicted molar refractivity (Wildman–Crippen MR) is 79.5 cm³/mol. The summed E-state index contributed by atoms with van der Waals surface area (Å²) in [4.78, 5) is 11.7. The van der Waals surface area contributed by atoms with Gasteiger partial charge in [0.1, 0.15) is 0 Å². The first-order valence-corrected chi connectivity index (χ1v) is 7.12. The lowest BCUT2D eigenvalue weighted by Crippen LogP contribution is -2.42. The van der Waals surface area contributed by atoms with E-state index in [1.54, 1.807) is 0 Å². The molecule has 0 heterocycles. The third-order valence-electron chi connectivity index (χ3n) is 3.03. The molecule has 2 unspecified atom stereocenters. The normalized spacial score (nSPS) is 14.1. The summed E-state index contributed by atoms with van der Waals surface area (Å²) in [5, 5.41) is 12.9. The molecule has 1 rings (SSSR count). The summed E-state index contributed by atoms with van der Waals surface area (Å²) in [6.45, 7) is 6.09. The monoisotopic (exact) mass is 279 g/mol. The Balaban J connectivity index is 2.30.